The smallest absolute Gasteiger partial charge is 0.131 e. The molecule has 15 heavy (non-hydrogen) atoms. The highest BCUT2D eigenvalue weighted by Gasteiger charge is 2.04. The summed E-state index contributed by atoms with van der Waals surface area (Å²) >= 11 is 5.81. The lowest BCUT2D eigenvalue weighted by Gasteiger charge is -2.16. The number of hydrogen-bond donors (Lipinski definition) is 0. The monoisotopic (exact) mass is 222 g/mol. The lowest BCUT2D eigenvalue weighted by atomic mass is 10.3. The molecular weight excluding hydrogens is 212 g/mol. The number of nitrogens with zero attached hydrogens (tertiary/aromatic N) is 2. The van der Waals surface area contributed by atoms with Gasteiger partial charge in [-0.1, -0.05) is 17.7 Å². The van der Waals surface area contributed by atoms with Crippen molar-refractivity contribution in [2.24, 2.45) is 0 Å². The van der Waals surface area contributed by atoms with Crippen LogP contribution in [0.3, 0.4) is 0 Å². The average molecular weight is 223 g/mol. The number of aromatic nitrogens is 1. The Kier molecular flexibility index (Phi) is 2.92. The maximum atomic E-state index is 5.81. The van der Waals surface area contributed by atoms with E-state index < -0.39 is 0 Å². The van der Waals surface area contributed by atoms with Gasteiger partial charge in [0.2, 0.25) is 0 Å². The van der Waals surface area contributed by atoms with Crippen molar-refractivity contribution in [3.63, 3.8) is 0 Å². The Balaban J connectivity index is 2.11. The van der Waals surface area contributed by atoms with Gasteiger partial charge in [0, 0.05) is 19.2 Å². The predicted molar refractivity (Wildman–Crippen MR) is 60.1 cm³/mol. The second-order valence-electron chi connectivity index (χ2n) is 3.31. The van der Waals surface area contributed by atoms with Gasteiger partial charge < -0.3 is 9.32 Å². The van der Waals surface area contributed by atoms with E-state index in [1.54, 1.807) is 18.6 Å². The number of rotatable bonds is 3. The van der Waals surface area contributed by atoms with E-state index in [-0.39, 0.29) is 0 Å². The van der Waals surface area contributed by atoms with Crippen LogP contribution in [0, 0.1) is 0 Å². The lowest BCUT2D eigenvalue weighted by molar-refractivity contribution is 0.563. The van der Waals surface area contributed by atoms with Crippen LogP contribution in [-0.4, -0.2) is 12.0 Å². The summed E-state index contributed by atoms with van der Waals surface area (Å²) in [6.07, 6.45) is 3.38. The molecule has 0 aliphatic carbocycles. The van der Waals surface area contributed by atoms with Crippen LogP contribution >= 0.6 is 11.6 Å². The van der Waals surface area contributed by atoms with E-state index in [1.165, 1.54) is 0 Å². The van der Waals surface area contributed by atoms with Crippen molar-refractivity contribution >= 4 is 17.4 Å². The SMILES string of the molecule is CN(Cc1ccoc1)c1cccc(Cl)n1. The van der Waals surface area contributed by atoms with Gasteiger partial charge in [0.25, 0.3) is 0 Å². The molecule has 0 radical (unpaired) electrons. The van der Waals surface area contributed by atoms with Crippen molar-refractivity contribution in [1.82, 2.24) is 4.98 Å². The van der Waals surface area contributed by atoms with E-state index >= 15 is 0 Å². The quantitative estimate of drug-likeness (QED) is 0.748. The van der Waals surface area contributed by atoms with Crippen LogP contribution < -0.4 is 4.90 Å². The summed E-state index contributed by atoms with van der Waals surface area (Å²) < 4.78 is 5.00. The first kappa shape index (κ1) is 10.1. The molecule has 0 aromatic carbocycles. The summed E-state index contributed by atoms with van der Waals surface area (Å²) in [6, 6.07) is 7.50. The minimum absolute atomic E-state index is 0.506. The van der Waals surface area contributed by atoms with Gasteiger partial charge in [-0.2, -0.15) is 0 Å². The molecule has 0 aliphatic heterocycles. The molecule has 2 rings (SSSR count). The second-order valence-corrected chi connectivity index (χ2v) is 3.69. The summed E-state index contributed by atoms with van der Waals surface area (Å²) in [7, 11) is 1.96. The Bertz CT molecular complexity index is 428. The van der Waals surface area contributed by atoms with Crippen molar-refractivity contribution in [2.75, 3.05) is 11.9 Å². The van der Waals surface area contributed by atoms with E-state index in [0.29, 0.717) is 5.15 Å². The molecule has 0 saturated carbocycles. The summed E-state index contributed by atoms with van der Waals surface area (Å²) in [5.41, 5.74) is 1.11. The van der Waals surface area contributed by atoms with E-state index in [9.17, 15) is 0 Å². The van der Waals surface area contributed by atoms with Gasteiger partial charge in [-0.3, -0.25) is 0 Å². The highest BCUT2D eigenvalue weighted by Crippen LogP contribution is 2.15. The molecule has 0 fully saturated rings. The Morgan fingerprint density at radius 3 is 2.93 bits per heavy atom. The van der Waals surface area contributed by atoms with E-state index in [2.05, 4.69) is 4.98 Å². The van der Waals surface area contributed by atoms with E-state index in [0.717, 1.165) is 17.9 Å². The normalized spacial score (nSPS) is 10.3. The Morgan fingerprint density at radius 1 is 1.40 bits per heavy atom. The molecule has 0 aliphatic rings. The number of halogens is 1. The summed E-state index contributed by atoms with van der Waals surface area (Å²) in [4.78, 5) is 6.23. The Morgan fingerprint density at radius 2 is 2.27 bits per heavy atom. The second kappa shape index (κ2) is 4.36. The molecule has 2 heterocycles. The third kappa shape index (κ3) is 2.50. The van der Waals surface area contributed by atoms with Crippen LogP contribution in [0.4, 0.5) is 5.82 Å². The topological polar surface area (TPSA) is 29.3 Å². The van der Waals surface area contributed by atoms with E-state index in [1.807, 2.05) is 30.1 Å². The molecule has 3 nitrogen and oxygen atoms in total. The number of hydrogen-bond acceptors (Lipinski definition) is 3. The summed E-state index contributed by atoms with van der Waals surface area (Å²) in [6.45, 7) is 0.754. The van der Waals surface area contributed by atoms with Crippen LogP contribution in [0.5, 0.6) is 0 Å². The van der Waals surface area contributed by atoms with Crippen molar-refractivity contribution in [2.45, 2.75) is 6.54 Å². The van der Waals surface area contributed by atoms with Gasteiger partial charge in [-0.25, -0.2) is 4.98 Å². The number of anilines is 1. The third-order valence-corrected chi connectivity index (χ3v) is 2.30. The molecule has 0 unspecified atom stereocenters. The van der Waals surface area contributed by atoms with Gasteiger partial charge in [0.05, 0.1) is 12.5 Å². The molecule has 4 heteroatoms. The first-order valence-corrected chi connectivity index (χ1v) is 4.98. The minimum Gasteiger partial charge on any atom is -0.472 e. The molecule has 0 N–H and O–H groups in total. The largest absolute Gasteiger partial charge is 0.472 e. The molecule has 0 spiro atoms. The van der Waals surface area contributed by atoms with Crippen molar-refractivity contribution < 1.29 is 4.42 Å². The molecule has 0 bridgehead atoms. The van der Waals surface area contributed by atoms with Crippen LogP contribution in [0.25, 0.3) is 0 Å². The van der Waals surface area contributed by atoms with Gasteiger partial charge in [0.15, 0.2) is 0 Å². The van der Waals surface area contributed by atoms with Gasteiger partial charge in [0.1, 0.15) is 11.0 Å². The minimum atomic E-state index is 0.506. The highest BCUT2D eigenvalue weighted by atomic mass is 35.5. The highest BCUT2D eigenvalue weighted by molar-refractivity contribution is 6.29. The molecular formula is C11H11ClN2O. The molecule has 78 valence electrons. The zero-order valence-electron chi connectivity index (χ0n) is 8.35. The summed E-state index contributed by atoms with van der Waals surface area (Å²) in [5.74, 6) is 0.851. The van der Waals surface area contributed by atoms with Crippen LogP contribution in [-0.2, 0) is 6.54 Å². The van der Waals surface area contributed by atoms with Crippen LogP contribution in [0.1, 0.15) is 5.56 Å². The van der Waals surface area contributed by atoms with Crippen LogP contribution in [0.15, 0.2) is 41.2 Å². The summed E-state index contributed by atoms with van der Waals surface area (Å²) in [5, 5.41) is 0.506. The average Bonchev–Trinajstić information content (AvgIpc) is 2.70. The van der Waals surface area contributed by atoms with Gasteiger partial charge in [-0.15, -0.1) is 0 Å². The standard InChI is InChI=1S/C11H11ClN2O/c1-14(7-9-5-6-15-8-9)11-4-2-3-10(12)13-11/h2-6,8H,7H2,1H3. The lowest BCUT2D eigenvalue weighted by Crippen LogP contribution is -2.17. The van der Waals surface area contributed by atoms with Gasteiger partial charge in [-0.05, 0) is 18.2 Å². The zero-order chi connectivity index (χ0) is 10.7. The fourth-order valence-electron chi connectivity index (χ4n) is 1.35. The van der Waals surface area contributed by atoms with Crippen molar-refractivity contribution in [3.8, 4) is 0 Å². The number of pyridine rings is 1. The van der Waals surface area contributed by atoms with Crippen LogP contribution in [0.2, 0.25) is 5.15 Å². The maximum absolute atomic E-state index is 5.81. The molecule has 2 aromatic rings. The molecule has 0 saturated heterocycles. The zero-order valence-corrected chi connectivity index (χ0v) is 9.11. The maximum Gasteiger partial charge on any atom is 0.131 e. The Hall–Kier alpha value is -1.48. The number of furan rings is 1. The molecule has 2 aromatic heterocycles. The molecule has 0 amide bonds. The van der Waals surface area contributed by atoms with Crippen molar-refractivity contribution in [1.29, 1.82) is 0 Å². The van der Waals surface area contributed by atoms with Crippen molar-refractivity contribution in [3.05, 3.63) is 47.5 Å². The Labute approximate surface area is 93.3 Å². The molecule has 0 atom stereocenters. The fraction of sp³-hybridized carbons (Fsp3) is 0.182. The van der Waals surface area contributed by atoms with E-state index in [4.69, 9.17) is 16.0 Å². The first-order chi connectivity index (χ1) is 7.25. The third-order valence-electron chi connectivity index (χ3n) is 2.09. The first-order valence-electron chi connectivity index (χ1n) is 4.60. The fourth-order valence-corrected chi connectivity index (χ4v) is 1.51. The predicted octanol–water partition coefficient (Wildman–Crippen LogP) is 2.96. The van der Waals surface area contributed by atoms with Gasteiger partial charge >= 0.3 is 0 Å².